The van der Waals surface area contributed by atoms with E-state index in [9.17, 15) is 9.90 Å². The molecule has 0 atom stereocenters. The van der Waals surface area contributed by atoms with E-state index >= 15 is 0 Å². The molecule has 2 rings (SSSR count). The van der Waals surface area contributed by atoms with Crippen LogP contribution in [0.2, 0.25) is 0 Å². The molecule has 0 saturated carbocycles. The number of H-pyrrole nitrogens is 1. The first kappa shape index (κ1) is 11.9. The Kier molecular flexibility index (Phi) is 3.58. The summed E-state index contributed by atoms with van der Waals surface area (Å²) >= 11 is 5.57. The molecule has 17 heavy (non-hydrogen) atoms. The summed E-state index contributed by atoms with van der Waals surface area (Å²) in [6.07, 6.45) is 4.73. The highest BCUT2D eigenvalue weighted by Gasteiger charge is 2.11. The molecule has 0 aliphatic rings. The highest BCUT2D eigenvalue weighted by Crippen LogP contribution is 2.11. The van der Waals surface area contributed by atoms with Gasteiger partial charge in [-0.25, -0.2) is 9.36 Å². The van der Waals surface area contributed by atoms with E-state index in [4.69, 9.17) is 11.6 Å². The first-order valence-corrected chi connectivity index (χ1v) is 5.98. The predicted octanol–water partition coefficient (Wildman–Crippen LogP) is 1.69. The lowest BCUT2D eigenvalue weighted by molar-refractivity contribution is 0.409. The summed E-state index contributed by atoms with van der Waals surface area (Å²) in [5.41, 5.74) is -0.250. The summed E-state index contributed by atoms with van der Waals surface area (Å²) < 4.78 is 2.73. The largest absolute Gasteiger partial charge is 0.493 e. The molecule has 0 aliphatic heterocycles. The maximum atomic E-state index is 12.0. The van der Waals surface area contributed by atoms with Crippen molar-refractivity contribution in [1.29, 1.82) is 0 Å². The van der Waals surface area contributed by atoms with Crippen molar-refractivity contribution >= 4 is 11.6 Å². The lowest BCUT2D eigenvalue weighted by Crippen LogP contribution is -2.23. The van der Waals surface area contributed by atoms with Crippen molar-refractivity contribution in [2.75, 3.05) is 5.88 Å². The third-order valence-corrected chi connectivity index (χ3v) is 2.83. The molecular weight excluding hydrogens is 242 g/mol. The van der Waals surface area contributed by atoms with Crippen molar-refractivity contribution < 1.29 is 5.11 Å². The number of halogens is 1. The van der Waals surface area contributed by atoms with Gasteiger partial charge in [-0.1, -0.05) is 0 Å². The second-order valence-corrected chi connectivity index (χ2v) is 4.12. The van der Waals surface area contributed by atoms with Crippen molar-refractivity contribution in [3.63, 3.8) is 0 Å². The van der Waals surface area contributed by atoms with Crippen molar-refractivity contribution in [2.24, 2.45) is 0 Å². The first-order chi connectivity index (χ1) is 8.24. The van der Waals surface area contributed by atoms with Gasteiger partial charge in [0.25, 0.3) is 0 Å². The Morgan fingerprint density at radius 2 is 2.24 bits per heavy atom. The number of nitrogens with one attached hydrogen (secondary N) is 1. The number of unbranched alkanes of at least 4 members (excludes halogenated alkanes) is 1. The van der Waals surface area contributed by atoms with Gasteiger partial charge in [0.2, 0.25) is 5.88 Å². The summed E-state index contributed by atoms with van der Waals surface area (Å²) in [6.45, 7) is 0.477. The fraction of sp³-hybridized carbons (Fsp3) is 0.364. The van der Waals surface area contributed by atoms with Crippen LogP contribution in [0.3, 0.4) is 0 Å². The van der Waals surface area contributed by atoms with E-state index in [0.717, 1.165) is 12.8 Å². The minimum absolute atomic E-state index is 0.0285. The summed E-state index contributed by atoms with van der Waals surface area (Å²) in [6, 6.07) is 3.56. The molecular formula is C11H14ClN3O2. The third kappa shape index (κ3) is 2.39. The van der Waals surface area contributed by atoms with Crippen LogP contribution in [-0.2, 0) is 6.54 Å². The van der Waals surface area contributed by atoms with E-state index in [2.05, 4.69) is 4.98 Å². The molecule has 0 aliphatic carbocycles. The SMILES string of the molecule is O=c1n(-c2ccc[nH]2)cc(O)n1CCCCCl. The Hall–Kier alpha value is -1.62. The summed E-state index contributed by atoms with van der Waals surface area (Å²) in [7, 11) is 0. The lowest BCUT2D eigenvalue weighted by Gasteiger charge is -2.01. The van der Waals surface area contributed by atoms with Gasteiger partial charge in [0.15, 0.2) is 0 Å². The van der Waals surface area contributed by atoms with Crippen LogP contribution >= 0.6 is 11.6 Å². The number of rotatable bonds is 5. The fourth-order valence-electron chi connectivity index (χ4n) is 1.69. The van der Waals surface area contributed by atoms with E-state index < -0.39 is 0 Å². The van der Waals surface area contributed by atoms with Crippen LogP contribution in [0.25, 0.3) is 5.82 Å². The fourth-order valence-corrected chi connectivity index (χ4v) is 1.88. The van der Waals surface area contributed by atoms with Crippen LogP contribution in [-0.4, -0.2) is 25.1 Å². The molecule has 2 heterocycles. The van der Waals surface area contributed by atoms with Gasteiger partial charge in [0, 0.05) is 18.6 Å². The quantitative estimate of drug-likeness (QED) is 0.631. The van der Waals surface area contributed by atoms with Crippen molar-refractivity contribution in [3.05, 3.63) is 35.0 Å². The molecule has 2 aromatic rings. The van der Waals surface area contributed by atoms with Crippen molar-refractivity contribution in [2.45, 2.75) is 19.4 Å². The van der Waals surface area contributed by atoms with Crippen LogP contribution in [0, 0.1) is 0 Å². The van der Waals surface area contributed by atoms with Crippen molar-refractivity contribution in [1.82, 2.24) is 14.1 Å². The standard InChI is InChI=1S/C11H14ClN3O2/c12-5-1-2-7-14-10(16)8-15(11(14)17)9-4-3-6-13-9/h3-4,6,8,13,16H,1-2,5,7H2. The number of hydrogen-bond acceptors (Lipinski definition) is 2. The van der Waals surface area contributed by atoms with E-state index in [-0.39, 0.29) is 11.6 Å². The second kappa shape index (κ2) is 5.14. The highest BCUT2D eigenvalue weighted by atomic mass is 35.5. The first-order valence-electron chi connectivity index (χ1n) is 5.45. The zero-order chi connectivity index (χ0) is 12.3. The number of nitrogens with zero attached hydrogens (tertiary/aromatic N) is 2. The average Bonchev–Trinajstić information content (AvgIpc) is 2.91. The Morgan fingerprint density at radius 3 is 2.88 bits per heavy atom. The van der Waals surface area contributed by atoms with Gasteiger partial charge < -0.3 is 10.1 Å². The molecule has 6 heteroatoms. The van der Waals surface area contributed by atoms with E-state index in [1.54, 1.807) is 18.3 Å². The predicted molar refractivity (Wildman–Crippen MR) is 66.0 cm³/mol. The monoisotopic (exact) mass is 255 g/mol. The van der Waals surface area contributed by atoms with Crippen LogP contribution in [0.4, 0.5) is 0 Å². The maximum absolute atomic E-state index is 12.0. The zero-order valence-electron chi connectivity index (χ0n) is 9.27. The van der Waals surface area contributed by atoms with Gasteiger partial charge >= 0.3 is 5.69 Å². The number of aromatic hydroxyl groups is 1. The average molecular weight is 256 g/mol. The number of alkyl halides is 1. The van der Waals surface area contributed by atoms with Gasteiger partial charge in [-0.2, -0.15) is 0 Å². The Morgan fingerprint density at radius 1 is 1.41 bits per heavy atom. The summed E-state index contributed by atoms with van der Waals surface area (Å²) in [4.78, 5) is 14.9. The topological polar surface area (TPSA) is 62.9 Å². The normalized spacial score (nSPS) is 10.9. The van der Waals surface area contributed by atoms with Gasteiger partial charge in [-0.05, 0) is 25.0 Å². The molecule has 0 fully saturated rings. The molecule has 0 unspecified atom stereocenters. The second-order valence-electron chi connectivity index (χ2n) is 3.74. The van der Waals surface area contributed by atoms with E-state index in [1.165, 1.54) is 15.3 Å². The number of hydrogen-bond donors (Lipinski definition) is 2. The zero-order valence-corrected chi connectivity index (χ0v) is 10.0. The Bertz CT molecular complexity index is 527. The minimum atomic E-state index is -0.250. The van der Waals surface area contributed by atoms with Gasteiger partial charge in [0.05, 0.1) is 6.20 Å². The summed E-state index contributed by atoms with van der Waals surface area (Å²) in [5.74, 6) is 1.17. The van der Waals surface area contributed by atoms with Crippen LogP contribution in [0.1, 0.15) is 12.8 Å². The van der Waals surface area contributed by atoms with E-state index in [1.807, 2.05) is 0 Å². The molecule has 2 aromatic heterocycles. The molecule has 5 nitrogen and oxygen atoms in total. The molecule has 0 aromatic carbocycles. The molecule has 0 amide bonds. The molecule has 0 spiro atoms. The third-order valence-electron chi connectivity index (χ3n) is 2.56. The van der Waals surface area contributed by atoms with Gasteiger partial charge in [-0.15, -0.1) is 11.6 Å². The summed E-state index contributed by atoms with van der Waals surface area (Å²) in [5, 5.41) is 9.71. The number of imidazole rings is 1. The Balaban J connectivity index is 2.27. The van der Waals surface area contributed by atoms with Gasteiger partial charge in [0.1, 0.15) is 5.82 Å². The molecule has 0 radical (unpaired) electrons. The van der Waals surface area contributed by atoms with Crippen LogP contribution < -0.4 is 5.69 Å². The lowest BCUT2D eigenvalue weighted by atomic mass is 10.3. The number of aromatic amines is 1. The van der Waals surface area contributed by atoms with Gasteiger partial charge in [-0.3, -0.25) is 4.57 Å². The minimum Gasteiger partial charge on any atom is -0.493 e. The van der Waals surface area contributed by atoms with Crippen molar-refractivity contribution in [3.8, 4) is 11.7 Å². The highest BCUT2D eigenvalue weighted by molar-refractivity contribution is 6.17. The molecule has 92 valence electrons. The smallest absolute Gasteiger partial charge is 0.336 e. The van der Waals surface area contributed by atoms with E-state index in [0.29, 0.717) is 18.2 Å². The maximum Gasteiger partial charge on any atom is 0.336 e. The Labute approximate surface area is 103 Å². The van der Waals surface area contributed by atoms with Crippen LogP contribution in [0.15, 0.2) is 29.3 Å². The molecule has 0 bridgehead atoms. The molecule has 2 N–H and O–H groups in total. The number of aromatic nitrogens is 3. The van der Waals surface area contributed by atoms with Crippen LogP contribution in [0.5, 0.6) is 5.88 Å². The molecule has 0 saturated heterocycles.